The van der Waals surface area contributed by atoms with Crippen LogP contribution in [0.1, 0.15) is 0 Å². The highest BCUT2D eigenvalue weighted by atomic mass is 19.2. The molecule has 70 valence electrons. The lowest BCUT2D eigenvalue weighted by Gasteiger charge is -1.98. The van der Waals surface area contributed by atoms with Crippen LogP contribution in [-0.2, 0) is 0 Å². The monoisotopic (exact) mass is 193 g/mol. The highest BCUT2D eigenvalue weighted by Crippen LogP contribution is 2.25. The fraction of sp³-hybridized carbons (Fsp3) is 0. The van der Waals surface area contributed by atoms with Gasteiger partial charge in [-0.3, -0.25) is 10.1 Å². The Labute approximate surface area is 69.1 Å². The number of aromatic nitrogens is 1. The fourth-order valence-corrected chi connectivity index (χ4v) is 0.680. The fourth-order valence-electron chi connectivity index (χ4n) is 0.680. The summed E-state index contributed by atoms with van der Waals surface area (Å²) in [6.07, 6.45) is 0. The van der Waals surface area contributed by atoms with Crippen molar-refractivity contribution in [1.29, 1.82) is 0 Å². The molecule has 0 unspecified atom stereocenters. The van der Waals surface area contributed by atoms with Crippen LogP contribution < -0.4 is 5.73 Å². The van der Waals surface area contributed by atoms with Crippen LogP contribution in [0.2, 0.25) is 0 Å². The third kappa shape index (κ3) is 1.37. The van der Waals surface area contributed by atoms with E-state index in [2.05, 4.69) is 4.98 Å². The van der Waals surface area contributed by atoms with Crippen molar-refractivity contribution in [2.24, 2.45) is 0 Å². The number of pyridine rings is 1. The number of nitrogens with two attached hydrogens (primary N) is 1. The van der Waals surface area contributed by atoms with Gasteiger partial charge in [-0.1, -0.05) is 0 Å². The summed E-state index contributed by atoms with van der Waals surface area (Å²) in [5.74, 6) is -6.49. The van der Waals surface area contributed by atoms with Crippen molar-refractivity contribution < 1.29 is 18.1 Å². The maximum absolute atomic E-state index is 12.7. The van der Waals surface area contributed by atoms with E-state index >= 15 is 0 Å². The Morgan fingerprint density at radius 2 is 1.85 bits per heavy atom. The number of nitrogens with zero attached hydrogens (tertiary/aromatic N) is 2. The second-order valence-corrected chi connectivity index (χ2v) is 2.02. The van der Waals surface area contributed by atoms with Crippen molar-refractivity contribution in [2.75, 3.05) is 5.73 Å². The maximum Gasteiger partial charge on any atom is 0.348 e. The summed E-state index contributed by atoms with van der Waals surface area (Å²) >= 11 is 0. The van der Waals surface area contributed by atoms with Crippen molar-refractivity contribution in [3.63, 3.8) is 0 Å². The number of rotatable bonds is 1. The van der Waals surface area contributed by atoms with E-state index in [1.165, 1.54) is 0 Å². The van der Waals surface area contributed by atoms with E-state index < -0.39 is 34.0 Å². The Kier molecular flexibility index (Phi) is 2.05. The minimum absolute atomic E-state index is 1.05. The van der Waals surface area contributed by atoms with Gasteiger partial charge in [-0.15, -0.1) is 0 Å². The molecule has 0 aliphatic rings. The lowest BCUT2D eigenvalue weighted by atomic mass is 10.3. The zero-order valence-corrected chi connectivity index (χ0v) is 5.92. The summed E-state index contributed by atoms with van der Waals surface area (Å²) < 4.78 is 37.5. The molecule has 5 nitrogen and oxygen atoms in total. The third-order valence-corrected chi connectivity index (χ3v) is 1.22. The smallest absolute Gasteiger partial charge is 0.348 e. The largest absolute Gasteiger partial charge is 0.381 e. The number of hydrogen-bond donors (Lipinski definition) is 1. The predicted octanol–water partition coefficient (Wildman–Crippen LogP) is 0.989. The Morgan fingerprint density at radius 3 is 2.31 bits per heavy atom. The standard InChI is InChI=1S/C5H2F3N3O2/c6-1-3(11(12)13)2(7)5(9)10-4(1)8/h(H2,9,10). The number of hydrogen-bond acceptors (Lipinski definition) is 4. The topological polar surface area (TPSA) is 82.0 Å². The molecule has 13 heavy (non-hydrogen) atoms. The number of nitrogen functional groups attached to an aromatic ring is 1. The van der Waals surface area contributed by atoms with E-state index in [0.29, 0.717) is 0 Å². The lowest BCUT2D eigenvalue weighted by Crippen LogP contribution is -2.06. The molecule has 0 bridgehead atoms. The first-order chi connectivity index (χ1) is 5.95. The summed E-state index contributed by atoms with van der Waals surface area (Å²) in [4.78, 5) is 11.2. The van der Waals surface area contributed by atoms with Gasteiger partial charge in [-0.25, -0.2) is 0 Å². The van der Waals surface area contributed by atoms with Gasteiger partial charge in [-0.2, -0.15) is 18.2 Å². The molecule has 0 fully saturated rings. The predicted molar refractivity (Wildman–Crippen MR) is 35.2 cm³/mol. The molecule has 1 aromatic heterocycles. The summed E-state index contributed by atoms with van der Waals surface area (Å²) in [7, 11) is 0. The van der Waals surface area contributed by atoms with Crippen molar-refractivity contribution in [2.45, 2.75) is 0 Å². The van der Waals surface area contributed by atoms with E-state index in [9.17, 15) is 23.3 Å². The van der Waals surface area contributed by atoms with Gasteiger partial charge in [0.15, 0.2) is 5.82 Å². The second-order valence-electron chi connectivity index (χ2n) is 2.02. The number of nitro groups is 1. The molecular weight excluding hydrogens is 191 g/mol. The first kappa shape index (κ1) is 9.23. The average molecular weight is 193 g/mol. The Balaban J connectivity index is 3.56. The van der Waals surface area contributed by atoms with Crippen molar-refractivity contribution in [3.8, 4) is 0 Å². The first-order valence-electron chi connectivity index (χ1n) is 2.89. The average Bonchev–Trinajstić information content (AvgIpc) is 2.01. The molecule has 2 N–H and O–H groups in total. The highest BCUT2D eigenvalue weighted by Gasteiger charge is 2.28. The third-order valence-electron chi connectivity index (χ3n) is 1.22. The maximum atomic E-state index is 12.7. The molecular formula is C5H2F3N3O2. The van der Waals surface area contributed by atoms with Gasteiger partial charge in [0.1, 0.15) is 0 Å². The Morgan fingerprint density at radius 1 is 1.31 bits per heavy atom. The molecule has 0 amide bonds. The van der Waals surface area contributed by atoms with Gasteiger partial charge < -0.3 is 5.73 Å². The van der Waals surface area contributed by atoms with Gasteiger partial charge >= 0.3 is 5.69 Å². The van der Waals surface area contributed by atoms with E-state index in [4.69, 9.17) is 5.73 Å². The summed E-state index contributed by atoms with van der Waals surface area (Å²) in [6, 6.07) is 0. The van der Waals surface area contributed by atoms with Crippen molar-refractivity contribution in [1.82, 2.24) is 4.98 Å². The van der Waals surface area contributed by atoms with Gasteiger partial charge in [0, 0.05) is 0 Å². The van der Waals surface area contributed by atoms with Crippen LogP contribution >= 0.6 is 0 Å². The molecule has 0 aromatic carbocycles. The van der Waals surface area contributed by atoms with Gasteiger partial charge in [0.2, 0.25) is 5.82 Å². The van der Waals surface area contributed by atoms with Gasteiger partial charge in [-0.05, 0) is 0 Å². The molecule has 1 rings (SSSR count). The number of anilines is 1. The van der Waals surface area contributed by atoms with Crippen molar-refractivity contribution >= 4 is 11.5 Å². The summed E-state index contributed by atoms with van der Waals surface area (Å²) in [5, 5.41) is 10.0. The molecule has 0 saturated carbocycles. The molecule has 0 spiro atoms. The van der Waals surface area contributed by atoms with E-state index in [-0.39, 0.29) is 0 Å². The van der Waals surface area contributed by atoms with Crippen molar-refractivity contribution in [3.05, 3.63) is 27.7 Å². The second kappa shape index (κ2) is 2.88. The molecule has 0 radical (unpaired) electrons. The van der Waals surface area contributed by atoms with Crippen LogP contribution in [0.5, 0.6) is 0 Å². The van der Waals surface area contributed by atoms with Crippen LogP contribution in [0.3, 0.4) is 0 Å². The van der Waals surface area contributed by atoms with Crippen LogP contribution in [-0.4, -0.2) is 9.91 Å². The van der Waals surface area contributed by atoms with Crippen LogP contribution in [0.25, 0.3) is 0 Å². The zero-order valence-electron chi connectivity index (χ0n) is 5.92. The molecule has 0 saturated heterocycles. The molecule has 0 aliphatic heterocycles. The van der Waals surface area contributed by atoms with Gasteiger partial charge in [0.25, 0.3) is 11.8 Å². The molecule has 1 aromatic rings. The summed E-state index contributed by atoms with van der Waals surface area (Å²) in [5.41, 5.74) is 3.10. The SMILES string of the molecule is Nc1nc(F)c(F)c([N+](=O)[O-])c1F. The van der Waals surface area contributed by atoms with E-state index in [0.717, 1.165) is 0 Å². The molecule has 8 heteroatoms. The minimum atomic E-state index is -1.96. The molecule has 0 atom stereocenters. The quantitative estimate of drug-likeness (QED) is 0.409. The van der Waals surface area contributed by atoms with Gasteiger partial charge in [0.05, 0.1) is 4.92 Å². The Hall–Kier alpha value is -1.86. The van der Waals surface area contributed by atoms with Crippen LogP contribution in [0.4, 0.5) is 24.7 Å². The molecule has 0 aliphatic carbocycles. The van der Waals surface area contributed by atoms with E-state index in [1.54, 1.807) is 0 Å². The van der Waals surface area contributed by atoms with E-state index in [1.807, 2.05) is 0 Å². The normalized spacial score (nSPS) is 10.1. The number of halogens is 3. The van der Waals surface area contributed by atoms with Crippen LogP contribution in [0, 0.1) is 27.7 Å². The first-order valence-corrected chi connectivity index (χ1v) is 2.89. The molecule has 1 heterocycles. The Bertz CT molecular complexity index is 356. The van der Waals surface area contributed by atoms with Crippen LogP contribution in [0.15, 0.2) is 0 Å². The zero-order chi connectivity index (χ0) is 10.2. The summed E-state index contributed by atoms with van der Waals surface area (Å²) in [6.45, 7) is 0. The lowest BCUT2D eigenvalue weighted by molar-refractivity contribution is -0.390. The minimum Gasteiger partial charge on any atom is -0.381 e. The highest BCUT2D eigenvalue weighted by molar-refractivity contribution is 5.44.